The number of hydrogen-bond acceptors (Lipinski definition) is 3. The van der Waals surface area contributed by atoms with Crippen molar-refractivity contribution in [2.24, 2.45) is 17.6 Å². The largest absolute Gasteiger partial charge is 0.391 e. The van der Waals surface area contributed by atoms with Gasteiger partial charge in [-0.05, 0) is 44.4 Å². The standard InChI is InChI=1S/C14H23F3N2O2/c15-14(16,17)10-1-3-11(4-2-10)19-13(20)12(18)9-5-7-21-8-6-9/h9-12H,1-8,18H2,(H,19,20). The third kappa shape index (κ3) is 4.57. The molecule has 2 aliphatic rings. The number of carbonyl (C=O) groups excluding carboxylic acids is 1. The lowest BCUT2D eigenvalue weighted by atomic mass is 9.85. The van der Waals surface area contributed by atoms with Gasteiger partial charge >= 0.3 is 6.18 Å². The van der Waals surface area contributed by atoms with Crippen LogP contribution in [0.25, 0.3) is 0 Å². The van der Waals surface area contributed by atoms with Crippen LogP contribution in [0, 0.1) is 11.8 Å². The number of hydrogen-bond donors (Lipinski definition) is 2. The summed E-state index contributed by atoms with van der Waals surface area (Å²) in [5.41, 5.74) is 5.96. The van der Waals surface area contributed by atoms with E-state index in [2.05, 4.69) is 5.32 Å². The molecular formula is C14H23F3N2O2. The molecule has 21 heavy (non-hydrogen) atoms. The maximum atomic E-state index is 12.6. The molecule has 2 rings (SSSR count). The third-order valence-electron chi connectivity index (χ3n) is 4.61. The van der Waals surface area contributed by atoms with Crippen LogP contribution in [0.2, 0.25) is 0 Å². The van der Waals surface area contributed by atoms with E-state index in [4.69, 9.17) is 10.5 Å². The highest BCUT2D eigenvalue weighted by Crippen LogP contribution is 2.37. The molecule has 122 valence electrons. The Labute approximate surface area is 122 Å². The van der Waals surface area contributed by atoms with Crippen LogP contribution in [0.5, 0.6) is 0 Å². The van der Waals surface area contributed by atoms with Crippen LogP contribution in [0.1, 0.15) is 38.5 Å². The molecule has 7 heteroatoms. The first-order valence-corrected chi connectivity index (χ1v) is 7.58. The minimum absolute atomic E-state index is 0.0843. The molecule has 0 radical (unpaired) electrons. The Balaban J connectivity index is 1.76. The highest BCUT2D eigenvalue weighted by molar-refractivity contribution is 5.82. The van der Waals surface area contributed by atoms with Gasteiger partial charge in [0.05, 0.1) is 12.0 Å². The van der Waals surface area contributed by atoms with E-state index >= 15 is 0 Å². The number of nitrogens with two attached hydrogens (primary N) is 1. The number of amides is 1. The molecule has 1 atom stereocenters. The Morgan fingerprint density at radius 2 is 1.67 bits per heavy atom. The molecule has 1 saturated heterocycles. The first kappa shape index (κ1) is 16.5. The van der Waals surface area contributed by atoms with Gasteiger partial charge in [0.2, 0.25) is 5.91 Å². The lowest BCUT2D eigenvalue weighted by Crippen LogP contribution is -2.51. The van der Waals surface area contributed by atoms with E-state index in [1.54, 1.807) is 0 Å². The second-order valence-electron chi connectivity index (χ2n) is 6.07. The Hall–Kier alpha value is -0.820. The van der Waals surface area contributed by atoms with Gasteiger partial charge in [0.25, 0.3) is 0 Å². The van der Waals surface area contributed by atoms with Crippen molar-refractivity contribution in [2.45, 2.75) is 56.8 Å². The molecule has 1 unspecified atom stereocenters. The molecule has 1 aliphatic heterocycles. The van der Waals surface area contributed by atoms with Crippen LogP contribution in [0.4, 0.5) is 13.2 Å². The Bertz CT molecular complexity index is 349. The first-order chi connectivity index (χ1) is 9.88. The zero-order valence-electron chi connectivity index (χ0n) is 12.0. The van der Waals surface area contributed by atoms with E-state index in [0.717, 1.165) is 12.8 Å². The predicted octanol–water partition coefficient (Wildman–Crippen LogP) is 1.98. The van der Waals surface area contributed by atoms with Gasteiger partial charge in [-0.25, -0.2) is 0 Å². The quantitative estimate of drug-likeness (QED) is 0.838. The average molecular weight is 308 g/mol. The Morgan fingerprint density at radius 1 is 1.10 bits per heavy atom. The van der Waals surface area contributed by atoms with Crippen molar-refractivity contribution in [3.05, 3.63) is 0 Å². The second-order valence-corrected chi connectivity index (χ2v) is 6.07. The summed E-state index contributed by atoms with van der Waals surface area (Å²) in [4.78, 5) is 12.1. The van der Waals surface area contributed by atoms with Gasteiger partial charge in [0, 0.05) is 19.3 Å². The van der Waals surface area contributed by atoms with E-state index < -0.39 is 18.1 Å². The van der Waals surface area contributed by atoms with Crippen molar-refractivity contribution < 1.29 is 22.7 Å². The van der Waals surface area contributed by atoms with E-state index in [9.17, 15) is 18.0 Å². The van der Waals surface area contributed by atoms with Gasteiger partial charge in [0.1, 0.15) is 0 Å². The fraction of sp³-hybridized carbons (Fsp3) is 0.929. The Morgan fingerprint density at radius 3 is 2.19 bits per heavy atom. The summed E-state index contributed by atoms with van der Waals surface area (Å²) in [6, 6.07) is -0.767. The minimum atomic E-state index is -4.12. The lowest BCUT2D eigenvalue weighted by Gasteiger charge is -2.32. The summed E-state index contributed by atoms with van der Waals surface area (Å²) >= 11 is 0. The smallest absolute Gasteiger partial charge is 0.381 e. The van der Waals surface area contributed by atoms with Crippen molar-refractivity contribution in [2.75, 3.05) is 13.2 Å². The van der Waals surface area contributed by atoms with Crippen LogP contribution in [0.15, 0.2) is 0 Å². The molecular weight excluding hydrogens is 285 g/mol. The summed E-state index contributed by atoms with van der Waals surface area (Å²) in [7, 11) is 0. The fourth-order valence-corrected chi connectivity index (χ4v) is 3.15. The molecule has 4 nitrogen and oxygen atoms in total. The van der Waals surface area contributed by atoms with E-state index in [-0.39, 0.29) is 30.7 Å². The number of halogens is 3. The van der Waals surface area contributed by atoms with E-state index in [1.807, 2.05) is 0 Å². The molecule has 1 aliphatic carbocycles. The van der Waals surface area contributed by atoms with Crippen LogP contribution < -0.4 is 11.1 Å². The molecule has 0 aromatic rings. The lowest BCUT2D eigenvalue weighted by molar-refractivity contribution is -0.182. The fourth-order valence-electron chi connectivity index (χ4n) is 3.15. The van der Waals surface area contributed by atoms with Crippen molar-refractivity contribution in [3.63, 3.8) is 0 Å². The van der Waals surface area contributed by atoms with Gasteiger partial charge in [-0.1, -0.05) is 0 Å². The molecule has 2 fully saturated rings. The molecule has 0 spiro atoms. The molecule has 1 heterocycles. The predicted molar refractivity (Wildman–Crippen MR) is 71.5 cm³/mol. The zero-order valence-corrected chi connectivity index (χ0v) is 12.0. The highest BCUT2D eigenvalue weighted by atomic mass is 19.4. The molecule has 0 aromatic carbocycles. The van der Waals surface area contributed by atoms with Crippen molar-refractivity contribution in [3.8, 4) is 0 Å². The van der Waals surface area contributed by atoms with Gasteiger partial charge < -0.3 is 15.8 Å². The SMILES string of the molecule is NC(C(=O)NC1CCC(C(F)(F)F)CC1)C1CCOCC1. The average Bonchev–Trinajstić information content (AvgIpc) is 2.47. The first-order valence-electron chi connectivity index (χ1n) is 7.58. The van der Waals surface area contributed by atoms with Crippen molar-refractivity contribution in [1.82, 2.24) is 5.32 Å². The third-order valence-corrected chi connectivity index (χ3v) is 4.61. The van der Waals surface area contributed by atoms with Gasteiger partial charge in [-0.3, -0.25) is 4.79 Å². The highest BCUT2D eigenvalue weighted by Gasteiger charge is 2.41. The Kier molecular flexibility index (Phi) is 5.48. The monoisotopic (exact) mass is 308 g/mol. The van der Waals surface area contributed by atoms with Gasteiger partial charge in [0.15, 0.2) is 0 Å². The minimum Gasteiger partial charge on any atom is -0.381 e. The van der Waals surface area contributed by atoms with Crippen LogP contribution in [0.3, 0.4) is 0 Å². The number of alkyl halides is 3. The molecule has 0 bridgehead atoms. The summed E-state index contributed by atoms with van der Waals surface area (Å²) in [6.45, 7) is 1.23. The van der Waals surface area contributed by atoms with Crippen LogP contribution in [-0.2, 0) is 9.53 Å². The molecule has 3 N–H and O–H groups in total. The summed E-state index contributed by atoms with van der Waals surface area (Å²) in [6.07, 6.45) is -1.69. The van der Waals surface area contributed by atoms with Crippen LogP contribution in [-0.4, -0.2) is 37.4 Å². The van der Waals surface area contributed by atoms with E-state index in [0.29, 0.717) is 26.1 Å². The maximum absolute atomic E-state index is 12.6. The molecule has 0 aromatic heterocycles. The maximum Gasteiger partial charge on any atom is 0.391 e. The number of carbonyl (C=O) groups is 1. The topological polar surface area (TPSA) is 64.4 Å². The van der Waals surface area contributed by atoms with Crippen LogP contribution >= 0.6 is 0 Å². The number of ether oxygens (including phenoxy) is 1. The van der Waals surface area contributed by atoms with Crippen molar-refractivity contribution in [1.29, 1.82) is 0 Å². The van der Waals surface area contributed by atoms with Gasteiger partial charge in [-0.15, -0.1) is 0 Å². The van der Waals surface area contributed by atoms with E-state index in [1.165, 1.54) is 0 Å². The van der Waals surface area contributed by atoms with Gasteiger partial charge in [-0.2, -0.15) is 13.2 Å². The molecule has 1 saturated carbocycles. The number of rotatable bonds is 3. The summed E-state index contributed by atoms with van der Waals surface area (Å²) < 4.78 is 43.0. The molecule has 1 amide bonds. The summed E-state index contributed by atoms with van der Waals surface area (Å²) in [5.74, 6) is -1.36. The number of nitrogens with one attached hydrogen (secondary N) is 1. The second kappa shape index (κ2) is 6.96. The summed E-state index contributed by atoms with van der Waals surface area (Å²) in [5, 5.41) is 2.82. The zero-order chi connectivity index (χ0) is 15.5. The normalized spacial score (nSPS) is 29.9. The van der Waals surface area contributed by atoms with Crippen molar-refractivity contribution >= 4 is 5.91 Å².